The molecule has 1 heterocycles. The predicted molar refractivity (Wildman–Crippen MR) is 109 cm³/mol. The topological polar surface area (TPSA) is 53.1 Å². The molecule has 5 nitrogen and oxygen atoms in total. The molecule has 0 saturated heterocycles. The number of para-hydroxylation sites is 1. The van der Waals surface area contributed by atoms with Crippen LogP contribution in [0.15, 0.2) is 54.6 Å². The Hall–Kier alpha value is -3.20. The maximum atomic E-state index is 14.3. The summed E-state index contributed by atoms with van der Waals surface area (Å²) in [6, 6.07) is 13.4. The molecule has 0 fully saturated rings. The molecule has 30 heavy (non-hydrogen) atoms. The number of rotatable bonds is 7. The van der Waals surface area contributed by atoms with Crippen LogP contribution in [0.5, 0.6) is 0 Å². The van der Waals surface area contributed by atoms with Gasteiger partial charge in [-0.3, -0.25) is 0 Å². The first-order chi connectivity index (χ1) is 14.2. The fourth-order valence-electron chi connectivity index (χ4n) is 2.75. The molecule has 0 bridgehead atoms. The Morgan fingerprint density at radius 2 is 1.70 bits per heavy atom. The number of halogens is 4. The van der Waals surface area contributed by atoms with Gasteiger partial charge in [0.15, 0.2) is 0 Å². The molecule has 0 spiro atoms. The average Bonchev–Trinajstić information content (AvgIpc) is 2.69. The largest absolute Gasteiger partial charge is 0.418 e. The Bertz CT molecular complexity index is 990. The first kappa shape index (κ1) is 21.5. The minimum Gasteiger partial charge on any atom is -0.353 e. The lowest BCUT2D eigenvalue weighted by Crippen LogP contribution is -2.21. The third kappa shape index (κ3) is 5.44. The molecule has 0 aliphatic rings. The molecule has 3 rings (SSSR count). The fourth-order valence-corrected chi connectivity index (χ4v) is 2.75. The zero-order valence-electron chi connectivity index (χ0n) is 16.5. The van der Waals surface area contributed by atoms with Crippen molar-refractivity contribution in [3.05, 3.63) is 66.0 Å². The second-order valence-corrected chi connectivity index (χ2v) is 6.84. The van der Waals surface area contributed by atoms with Crippen molar-refractivity contribution in [1.82, 2.24) is 14.9 Å². The van der Waals surface area contributed by atoms with Crippen molar-refractivity contribution in [2.24, 2.45) is 0 Å². The highest BCUT2D eigenvalue weighted by molar-refractivity contribution is 5.69. The monoisotopic (exact) mass is 419 g/mol. The molecule has 3 aromatic rings. The number of hydrogen-bond donors (Lipinski definition) is 2. The van der Waals surface area contributed by atoms with E-state index < -0.39 is 23.2 Å². The van der Waals surface area contributed by atoms with E-state index in [0.717, 1.165) is 23.8 Å². The van der Waals surface area contributed by atoms with Gasteiger partial charge >= 0.3 is 6.18 Å². The van der Waals surface area contributed by atoms with Gasteiger partial charge in [0, 0.05) is 24.7 Å². The minimum absolute atomic E-state index is 0.0480. The Labute approximate surface area is 171 Å². The lowest BCUT2D eigenvalue weighted by molar-refractivity contribution is -0.137. The van der Waals surface area contributed by atoms with Gasteiger partial charge in [0.1, 0.15) is 11.6 Å². The van der Waals surface area contributed by atoms with Gasteiger partial charge < -0.3 is 15.5 Å². The van der Waals surface area contributed by atoms with Crippen LogP contribution in [0.2, 0.25) is 0 Å². The Kier molecular flexibility index (Phi) is 6.51. The Morgan fingerprint density at radius 1 is 0.967 bits per heavy atom. The van der Waals surface area contributed by atoms with Gasteiger partial charge in [-0.05, 0) is 26.2 Å². The minimum atomic E-state index is -4.72. The van der Waals surface area contributed by atoms with E-state index in [1.165, 1.54) is 6.07 Å². The maximum Gasteiger partial charge on any atom is 0.418 e. The highest BCUT2D eigenvalue weighted by atomic mass is 19.4. The number of hydrogen-bond acceptors (Lipinski definition) is 5. The highest BCUT2D eigenvalue weighted by Crippen LogP contribution is 2.37. The third-order valence-electron chi connectivity index (χ3n) is 4.21. The molecular formula is C21H21F4N5. The number of alkyl halides is 3. The summed E-state index contributed by atoms with van der Waals surface area (Å²) in [5, 5.41) is 5.55. The van der Waals surface area contributed by atoms with E-state index in [0.29, 0.717) is 18.8 Å². The average molecular weight is 419 g/mol. The van der Waals surface area contributed by atoms with Gasteiger partial charge in [-0.1, -0.05) is 36.4 Å². The van der Waals surface area contributed by atoms with E-state index in [-0.39, 0.29) is 11.8 Å². The lowest BCUT2D eigenvalue weighted by Gasteiger charge is -2.16. The quantitative estimate of drug-likeness (QED) is 0.527. The molecule has 0 aliphatic carbocycles. The zero-order chi connectivity index (χ0) is 21.7. The van der Waals surface area contributed by atoms with Gasteiger partial charge in [0.05, 0.1) is 16.9 Å². The van der Waals surface area contributed by atoms with E-state index in [2.05, 4.69) is 20.6 Å². The van der Waals surface area contributed by atoms with Crippen LogP contribution in [-0.2, 0) is 6.18 Å². The number of likely N-dealkylation sites (N-methyl/N-ethyl adjacent to an activating group) is 1. The van der Waals surface area contributed by atoms with Crippen LogP contribution < -0.4 is 10.6 Å². The Morgan fingerprint density at radius 3 is 2.37 bits per heavy atom. The molecule has 158 valence electrons. The summed E-state index contributed by atoms with van der Waals surface area (Å²) < 4.78 is 54.3. The smallest absolute Gasteiger partial charge is 0.353 e. The van der Waals surface area contributed by atoms with Crippen molar-refractivity contribution >= 4 is 17.5 Å². The van der Waals surface area contributed by atoms with E-state index in [1.54, 1.807) is 0 Å². The first-order valence-electron chi connectivity index (χ1n) is 9.20. The van der Waals surface area contributed by atoms with Crippen LogP contribution in [0.4, 0.5) is 35.0 Å². The van der Waals surface area contributed by atoms with Gasteiger partial charge in [-0.25, -0.2) is 9.37 Å². The zero-order valence-corrected chi connectivity index (χ0v) is 16.5. The van der Waals surface area contributed by atoms with Gasteiger partial charge in [-0.2, -0.15) is 18.2 Å². The van der Waals surface area contributed by atoms with Crippen LogP contribution in [0, 0.1) is 5.82 Å². The predicted octanol–water partition coefficient (Wildman–Crippen LogP) is 5.02. The second-order valence-electron chi connectivity index (χ2n) is 6.84. The summed E-state index contributed by atoms with van der Waals surface area (Å²) in [4.78, 5) is 10.6. The normalized spacial score (nSPS) is 11.6. The number of nitrogens with zero attached hydrogens (tertiary/aromatic N) is 3. The van der Waals surface area contributed by atoms with Crippen LogP contribution in [0.1, 0.15) is 5.56 Å². The summed E-state index contributed by atoms with van der Waals surface area (Å²) in [5.41, 5.74) is -0.542. The van der Waals surface area contributed by atoms with Crippen LogP contribution in [0.25, 0.3) is 11.3 Å². The van der Waals surface area contributed by atoms with Crippen molar-refractivity contribution in [3.8, 4) is 11.3 Å². The van der Waals surface area contributed by atoms with Crippen LogP contribution in [0.3, 0.4) is 0 Å². The van der Waals surface area contributed by atoms with Crippen molar-refractivity contribution < 1.29 is 17.6 Å². The summed E-state index contributed by atoms with van der Waals surface area (Å²) in [6.45, 7) is 1.23. The summed E-state index contributed by atoms with van der Waals surface area (Å²) in [5.74, 6) is -0.746. The number of aromatic nitrogens is 2. The number of benzene rings is 2. The van der Waals surface area contributed by atoms with Crippen LogP contribution in [-0.4, -0.2) is 42.1 Å². The first-order valence-corrected chi connectivity index (χ1v) is 9.20. The molecule has 2 N–H and O–H groups in total. The Balaban J connectivity index is 2.00. The summed E-state index contributed by atoms with van der Waals surface area (Å²) in [7, 11) is 3.82. The third-order valence-corrected chi connectivity index (χ3v) is 4.21. The van der Waals surface area contributed by atoms with Gasteiger partial charge in [0.2, 0.25) is 5.95 Å². The molecule has 0 amide bonds. The lowest BCUT2D eigenvalue weighted by atomic mass is 10.1. The molecule has 9 heteroatoms. The number of anilines is 3. The van der Waals surface area contributed by atoms with Gasteiger partial charge in [0.25, 0.3) is 0 Å². The molecule has 0 atom stereocenters. The van der Waals surface area contributed by atoms with E-state index >= 15 is 0 Å². The van der Waals surface area contributed by atoms with Crippen molar-refractivity contribution in [2.75, 3.05) is 37.8 Å². The standard InChI is InChI=1S/C21H21F4N5/c1-30(2)12-11-26-20-27-17(14-7-4-3-5-8-14)13-18(29-20)28-19-15(21(23,24)25)9-6-10-16(19)22/h3-10,13H,11-12H2,1-2H3,(H2,26,27,28,29). The summed E-state index contributed by atoms with van der Waals surface area (Å²) >= 11 is 0. The maximum absolute atomic E-state index is 14.3. The molecule has 0 unspecified atom stereocenters. The second kappa shape index (κ2) is 9.08. The molecule has 1 aromatic heterocycles. The van der Waals surface area contributed by atoms with Gasteiger partial charge in [-0.15, -0.1) is 0 Å². The van der Waals surface area contributed by atoms with Crippen molar-refractivity contribution in [2.45, 2.75) is 6.18 Å². The van der Waals surface area contributed by atoms with Crippen molar-refractivity contribution in [1.29, 1.82) is 0 Å². The molecule has 0 aliphatic heterocycles. The number of nitrogens with one attached hydrogen (secondary N) is 2. The van der Waals surface area contributed by atoms with Crippen molar-refractivity contribution in [3.63, 3.8) is 0 Å². The van der Waals surface area contributed by atoms with E-state index in [9.17, 15) is 17.6 Å². The molecule has 2 aromatic carbocycles. The van der Waals surface area contributed by atoms with Crippen LogP contribution >= 0.6 is 0 Å². The molecule has 0 saturated carbocycles. The molecule has 0 radical (unpaired) electrons. The summed E-state index contributed by atoms with van der Waals surface area (Å²) in [6.07, 6.45) is -4.72. The van der Waals surface area contributed by atoms with E-state index in [1.807, 2.05) is 49.3 Å². The fraction of sp³-hybridized carbons (Fsp3) is 0.238. The SMILES string of the molecule is CN(C)CCNc1nc(Nc2c(F)cccc2C(F)(F)F)cc(-c2ccccc2)n1. The highest BCUT2D eigenvalue weighted by Gasteiger charge is 2.35. The van der Waals surface area contributed by atoms with E-state index in [4.69, 9.17) is 0 Å². The molecular weight excluding hydrogens is 398 g/mol.